The number of carbonyl (C=O) groups is 1. The molecule has 0 bridgehead atoms. The molecule has 2 aromatic rings. The van der Waals surface area contributed by atoms with Gasteiger partial charge in [0.25, 0.3) is 5.91 Å². The molecule has 1 atom stereocenters. The summed E-state index contributed by atoms with van der Waals surface area (Å²) in [5.41, 5.74) is -0.327. The Morgan fingerprint density at radius 2 is 1.68 bits per heavy atom. The van der Waals surface area contributed by atoms with E-state index in [-0.39, 0.29) is 6.10 Å². The molecule has 0 heterocycles. The van der Waals surface area contributed by atoms with Gasteiger partial charge < -0.3 is 15.2 Å². The Kier molecular flexibility index (Phi) is 5.28. The van der Waals surface area contributed by atoms with E-state index in [1.54, 1.807) is 24.3 Å². The maximum atomic E-state index is 13.6. The predicted octanol–water partition coefficient (Wildman–Crippen LogP) is 3.71. The van der Waals surface area contributed by atoms with Crippen LogP contribution in [0.4, 0.5) is 8.78 Å². The fraction of sp³-hybridized carbons (Fsp3) is 0.316. The van der Waals surface area contributed by atoms with E-state index in [1.165, 1.54) is 18.9 Å². The number of ether oxygens (including phenoxy) is 1. The fourth-order valence-electron chi connectivity index (χ4n) is 2.92. The fourth-order valence-corrected chi connectivity index (χ4v) is 2.92. The van der Waals surface area contributed by atoms with Gasteiger partial charge in [0.15, 0.2) is 6.23 Å². The lowest BCUT2D eigenvalue weighted by Crippen LogP contribution is -2.29. The van der Waals surface area contributed by atoms with Gasteiger partial charge in [0.2, 0.25) is 0 Å². The third-order valence-corrected chi connectivity index (χ3v) is 4.26. The van der Waals surface area contributed by atoms with Crippen molar-refractivity contribution < 1.29 is 23.4 Å². The van der Waals surface area contributed by atoms with Crippen molar-refractivity contribution in [3.05, 3.63) is 65.2 Å². The minimum absolute atomic E-state index is 0.222. The molecule has 25 heavy (non-hydrogen) atoms. The minimum atomic E-state index is -1.38. The van der Waals surface area contributed by atoms with Crippen molar-refractivity contribution >= 4 is 5.91 Å². The van der Waals surface area contributed by atoms with Crippen LogP contribution in [-0.4, -0.2) is 17.1 Å². The quantitative estimate of drug-likeness (QED) is 0.811. The zero-order chi connectivity index (χ0) is 17.8. The highest BCUT2D eigenvalue weighted by Gasteiger charge is 2.20. The first-order valence-electron chi connectivity index (χ1n) is 8.24. The number of aliphatic hydroxyl groups is 1. The van der Waals surface area contributed by atoms with Crippen molar-refractivity contribution in [1.82, 2.24) is 5.32 Å². The van der Waals surface area contributed by atoms with Crippen LogP contribution in [0.1, 0.15) is 47.8 Å². The largest absolute Gasteiger partial charge is 0.490 e. The van der Waals surface area contributed by atoms with Gasteiger partial charge in [-0.25, -0.2) is 8.78 Å². The summed E-state index contributed by atoms with van der Waals surface area (Å²) in [5.74, 6) is -2.29. The molecular formula is C19H19F2NO3. The van der Waals surface area contributed by atoms with Crippen LogP contribution in [0.5, 0.6) is 5.75 Å². The van der Waals surface area contributed by atoms with Crippen molar-refractivity contribution in [3.63, 3.8) is 0 Å². The van der Waals surface area contributed by atoms with Crippen molar-refractivity contribution in [2.24, 2.45) is 0 Å². The van der Waals surface area contributed by atoms with Crippen LogP contribution in [0, 0.1) is 11.6 Å². The summed E-state index contributed by atoms with van der Waals surface area (Å²) in [6.45, 7) is 0. The Morgan fingerprint density at radius 1 is 1.08 bits per heavy atom. The highest BCUT2D eigenvalue weighted by molar-refractivity contribution is 5.94. The molecule has 2 N–H and O–H groups in total. The number of rotatable bonds is 5. The maximum Gasteiger partial charge on any atom is 0.259 e. The van der Waals surface area contributed by atoms with Gasteiger partial charge in [-0.2, -0.15) is 0 Å². The van der Waals surface area contributed by atoms with E-state index in [0.717, 1.165) is 25.0 Å². The van der Waals surface area contributed by atoms with E-state index in [1.807, 2.05) is 0 Å². The molecule has 0 aliphatic heterocycles. The number of aliphatic hydroxyl groups excluding tert-OH is 1. The van der Waals surface area contributed by atoms with Crippen LogP contribution in [0.2, 0.25) is 0 Å². The molecule has 0 radical (unpaired) electrons. The van der Waals surface area contributed by atoms with Crippen LogP contribution < -0.4 is 10.1 Å². The second kappa shape index (κ2) is 7.61. The lowest BCUT2D eigenvalue weighted by molar-refractivity contribution is 0.0775. The number of hydrogen-bond acceptors (Lipinski definition) is 3. The highest BCUT2D eigenvalue weighted by Crippen LogP contribution is 2.25. The normalized spacial score (nSPS) is 15.8. The molecule has 2 aromatic carbocycles. The molecule has 4 nitrogen and oxygen atoms in total. The van der Waals surface area contributed by atoms with Gasteiger partial charge >= 0.3 is 0 Å². The first-order valence-corrected chi connectivity index (χ1v) is 8.24. The zero-order valence-corrected chi connectivity index (χ0v) is 13.5. The lowest BCUT2D eigenvalue weighted by atomic mass is 10.1. The van der Waals surface area contributed by atoms with E-state index < -0.39 is 29.3 Å². The molecule has 0 spiro atoms. The lowest BCUT2D eigenvalue weighted by Gasteiger charge is -2.16. The van der Waals surface area contributed by atoms with Crippen molar-refractivity contribution in [2.45, 2.75) is 38.0 Å². The Morgan fingerprint density at radius 3 is 2.28 bits per heavy atom. The first-order chi connectivity index (χ1) is 12.0. The highest BCUT2D eigenvalue weighted by atomic mass is 19.1. The zero-order valence-electron chi connectivity index (χ0n) is 13.5. The summed E-state index contributed by atoms with van der Waals surface area (Å²) < 4.78 is 33.0. The third kappa shape index (κ3) is 4.14. The van der Waals surface area contributed by atoms with E-state index in [2.05, 4.69) is 5.32 Å². The summed E-state index contributed by atoms with van der Waals surface area (Å²) in [7, 11) is 0. The maximum absolute atomic E-state index is 13.6. The number of hydrogen-bond donors (Lipinski definition) is 2. The van der Waals surface area contributed by atoms with E-state index in [0.29, 0.717) is 11.3 Å². The van der Waals surface area contributed by atoms with E-state index >= 15 is 0 Å². The SMILES string of the molecule is O=C(NC(O)c1ccc(OC2CCCC2)cc1)c1c(F)cccc1F. The molecule has 0 aromatic heterocycles. The molecule has 3 rings (SSSR count). The van der Waals surface area contributed by atoms with Gasteiger partial charge in [0.1, 0.15) is 22.9 Å². The summed E-state index contributed by atoms with van der Waals surface area (Å²) in [5, 5.41) is 12.3. The van der Waals surface area contributed by atoms with Crippen LogP contribution in [-0.2, 0) is 0 Å². The topological polar surface area (TPSA) is 58.6 Å². The van der Waals surface area contributed by atoms with Crippen molar-refractivity contribution in [2.75, 3.05) is 0 Å². The second-order valence-corrected chi connectivity index (χ2v) is 6.07. The Bertz CT molecular complexity index is 723. The van der Waals surface area contributed by atoms with Gasteiger partial charge in [-0.1, -0.05) is 18.2 Å². The molecule has 6 heteroatoms. The Hall–Kier alpha value is -2.47. The Balaban J connectivity index is 1.64. The van der Waals surface area contributed by atoms with E-state index in [9.17, 15) is 18.7 Å². The first kappa shape index (κ1) is 17.4. The van der Waals surface area contributed by atoms with Crippen molar-refractivity contribution in [1.29, 1.82) is 0 Å². The molecule has 1 fully saturated rings. The van der Waals surface area contributed by atoms with Crippen LogP contribution >= 0.6 is 0 Å². The molecule has 132 valence electrons. The number of benzene rings is 2. The molecule has 1 unspecified atom stereocenters. The molecule has 1 aliphatic carbocycles. The van der Waals surface area contributed by atoms with Crippen LogP contribution in [0.25, 0.3) is 0 Å². The summed E-state index contributed by atoms with van der Waals surface area (Å²) in [4.78, 5) is 12.0. The van der Waals surface area contributed by atoms with Crippen LogP contribution in [0.3, 0.4) is 0 Å². The summed E-state index contributed by atoms with van der Waals surface area (Å²) in [6, 6.07) is 9.75. The standard InChI is InChI=1S/C19H19F2NO3/c20-15-6-3-7-16(21)17(15)19(24)22-18(23)12-8-10-14(11-9-12)25-13-4-1-2-5-13/h3,6-11,13,18,23H,1-2,4-5H2,(H,22,24). The smallest absolute Gasteiger partial charge is 0.259 e. The number of nitrogens with one attached hydrogen (secondary N) is 1. The molecule has 1 saturated carbocycles. The average Bonchev–Trinajstić information content (AvgIpc) is 3.08. The third-order valence-electron chi connectivity index (χ3n) is 4.26. The molecule has 1 amide bonds. The van der Waals surface area contributed by atoms with Gasteiger partial charge in [0, 0.05) is 5.56 Å². The summed E-state index contributed by atoms with van der Waals surface area (Å²) >= 11 is 0. The molecular weight excluding hydrogens is 328 g/mol. The summed E-state index contributed by atoms with van der Waals surface area (Å²) in [6.07, 6.45) is 3.25. The van der Waals surface area contributed by atoms with Gasteiger partial charge in [-0.15, -0.1) is 0 Å². The van der Waals surface area contributed by atoms with Crippen LogP contribution in [0.15, 0.2) is 42.5 Å². The molecule has 1 aliphatic rings. The predicted molar refractivity (Wildman–Crippen MR) is 88.1 cm³/mol. The number of carbonyl (C=O) groups excluding carboxylic acids is 1. The number of halogens is 2. The van der Waals surface area contributed by atoms with E-state index in [4.69, 9.17) is 4.74 Å². The minimum Gasteiger partial charge on any atom is -0.490 e. The average molecular weight is 347 g/mol. The van der Waals surface area contributed by atoms with Gasteiger partial charge in [0.05, 0.1) is 6.10 Å². The van der Waals surface area contributed by atoms with Gasteiger partial charge in [-0.05, 0) is 49.9 Å². The van der Waals surface area contributed by atoms with Crippen molar-refractivity contribution in [3.8, 4) is 5.75 Å². The second-order valence-electron chi connectivity index (χ2n) is 6.07. The number of amides is 1. The van der Waals surface area contributed by atoms with Gasteiger partial charge in [-0.3, -0.25) is 4.79 Å². The monoisotopic (exact) mass is 347 g/mol. The molecule has 0 saturated heterocycles. The Labute approximate surface area is 144 Å².